The van der Waals surface area contributed by atoms with Crippen molar-refractivity contribution < 1.29 is 13.6 Å². The molecule has 1 N–H and O–H groups in total. The zero-order chi connectivity index (χ0) is 16.0. The van der Waals surface area contributed by atoms with E-state index in [2.05, 4.69) is 10.3 Å². The number of benzene rings is 1. The van der Waals surface area contributed by atoms with E-state index in [1.54, 1.807) is 6.07 Å². The molecule has 2 aliphatic rings. The smallest absolute Gasteiger partial charge is 0.242 e. The van der Waals surface area contributed by atoms with E-state index in [4.69, 9.17) is 0 Å². The Hall–Kier alpha value is -2.24. The van der Waals surface area contributed by atoms with Crippen molar-refractivity contribution in [2.75, 3.05) is 11.4 Å². The van der Waals surface area contributed by atoms with E-state index < -0.39 is 11.6 Å². The van der Waals surface area contributed by atoms with Crippen molar-refractivity contribution in [2.24, 2.45) is 0 Å². The number of amides is 1. The molecule has 1 aromatic heterocycles. The molecule has 1 aromatic carbocycles. The molecule has 23 heavy (non-hydrogen) atoms. The molecule has 2 aromatic rings. The summed E-state index contributed by atoms with van der Waals surface area (Å²) in [6.45, 7) is 0.694. The van der Waals surface area contributed by atoms with Crippen molar-refractivity contribution in [3.05, 3.63) is 36.0 Å². The summed E-state index contributed by atoms with van der Waals surface area (Å²) in [5.74, 6) is -1.31. The SMILES string of the molecule is O=C(NC1CC1)C1CCCN1c1ccnc2c(F)cc(F)cc12. The molecule has 0 spiro atoms. The minimum absolute atomic E-state index is 0.00633. The molecule has 4 nitrogen and oxygen atoms in total. The largest absolute Gasteiger partial charge is 0.359 e. The maximum Gasteiger partial charge on any atom is 0.242 e. The van der Waals surface area contributed by atoms with Crippen molar-refractivity contribution in [3.63, 3.8) is 0 Å². The molecule has 2 heterocycles. The molecule has 6 heteroatoms. The molecule has 120 valence electrons. The molecule has 4 rings (SSSR count). The zero-order valence-corrected chi connectivity index (χ0v) is 12.6. The first kappa shape index (κ1) is 14.4. The number of fused-ring (bicyclic) bond motifs is 1. The number of rotatable bonds is 3. The topological polar surface area (TPSA) is 45.2 Å². The van der Waals surface area contributed by atoms with E-state index in [9.17, 15) is 13.6 Å². The molecule has 1 amide bonds. The van der Waals surface area contributed by atoms with Crippen LogP contribution in [0, 0.1) is 11.6 Å². The molecule has 1 unspecified atom stereocenters. The van der Waals surface area contributed by atoms with Crippen LogP contribution in [0.1, 0.15) is 25.7 Å². The van der Waals surface area contributed by atoms with Gasteiger partial charge in [-0.1, -0.05) is 0 Å². The Kier molecular flexibility index (Phi) is 3.39. The fraction of sp³-hybridized carbons (Fsp3) is 0.412. The third-order valence-corrected chi connectivity index (χ3v) is 4.53. The van der Waals surface area contributed by atoms with Gasteiger partial charge in [0.1, 0.15) is 17.4 Å². The van der Waals surface area contributed by atoms with Gasteiger partial charge in [0.2, 0.25) is 5.91 Å². The van der Waals surface area contributed by atoms with Gasteiger partial charge in [-0.3, -0.25) is 9.78 Å². The Balaban J connectivity index is 1.73. The molecular formula is C17H17F2N3O. The standard InChI is InChI=1S/C17H17F2N3O/c18-10-8-12-14(5-6-20-16(12)13(19)9-10)22-7-1-2-15(22)17(23)21-11-3-4-11/h5-6,8-9,11,15H,1-4,7H2,(H,21,23). The molecule has 0 radical (unpaired) electrons. The first-order valence-corrected chi connectivity index (χ1v) is 7.94. The van der Waals surface area contributed by atoms with Crippen molar-refractivity contribution in [1.82, 2.24) is 10.3 Å². The second kappa shape index (κ2) is 5.44. The summed E-state index contributed by atoms with van der Waals surface area (Å²) in [4.78, 5) is 18.4. The van der Waals surface area contributed by atoms with E-state index in [-0.39, 0.29) is 17.5 Å². The van der Waals surface area contributed by atoms with E-state index >= 15 is 0 Å². The molecule has 1 aliphatic heterocycles. The van der Waals surface area contributed by atoms with Crippen molar-refractivity contribution in [2.45, 2.75) is 37.8 Å². The molecular weight excluding hydrogens is 300 g/mol. The highest BCUT2D eigenvalue weighted by molar-refractivity contribution is 5.95. The fourth-order valence-corrected chi connectivity index (χ4v) is 3.27. The summed E-state index contributed by atoms with van der Waals surface area (Å²) in [5, 5.41) is 3.44. The first-order valence-electron chi connectivity index (χ1n) is 7.94. The van der Waals surface area contributed by atoms with Crippen LogP contribution in [-0.4, -0.2) is 29.5 Å². The fourth-order valence-electron chi connectivity index (χ4n) is 3.27. The summed E-state index contributed by atoms with van der Waals surface area (Å²) in [7, 11) is 0. The monoisotopic (exact) mass is 317 g/mol. The normalized spacial score (nSPS) is 21.0. The van der Waals surface area contributed by atoms with Crippen LogP contribution in [0.3, 0.4) is 0 Å². The number of aromatic nitrogens is 1. The summed E-state index contributed by atoms with van der Waals surface area (Å²) >= 11 is 0. The predicted molar refractivity (Wildman–Crippen MR) is 83.2 cm³/mol. The van der Waals surface area contributed by atoms with Crippen molar-refractivity contribution in [3.8, 4) is 0 Å². The summed E-state index contributed by atoms with van der Waals surface area (Å²) in [6, 6.07) is 3.86. The molecule has 0 bridgehead atoms. The Morgan fingerprint density at radius 3 is 2.87 bits per heavy atom. The molecule has 1 aliphatic carbocycles. The van der Waals surface area contributed by atoms with Gasteiger partial charge < -0.3 is 10.2 Å². The number of hydrogen-bond acceptors (Lipinski definition) is 3. The van der Waals surface area contributed by atoms with Gasteiger partial charge in [-0.15, -0.1) is 0 Å². The van der Waals surface area contributed by atoms with Crippen LogP contribution in [0.5, 0.6) is 0 Å². The Labute approximate surface area is 132 Å². The Morgan fingerprint density at radius 1 is 1.26 bits per heavy atom. The first-order chi connectivity index (χ1) is 11.1. The molecule has 1 saturated heterocycles. The quantitative estimate of drug-likeness (QED) is 0.947. The lowest BCUT2D eigenvalue weighted by Gasteiger charge is -2.27. The molecule has 1 saturated carbocycles. The van der Waals surface area contributed by atoms with Crippen LogP contribution in [-0.2, 0) is 4.79 Å². The van der Waals surface area contributed by atoms with Crippen LogP contribution >= 0.6 is 0 Å². The van der Waals surface area contributed by atoms with Crippen LogP contribution < -0.4 is 10.2 Å². The van der Waals surface area contributed by atoms with Crippen LogP contribution in [0.2, 0.25) is 0 Å². The lowest BCUT2D eigenvalue weighted by Crippen LogP contribution is -2.44. The van der Waals surface area contributed by atoms with Gasteiger partial charge >= 0.3 is 0 Å². The average molecular weight is 317 g/mol. The lowest BCUT2D eigenvalue weighted by atomic mass is 10.1. The van der Waals surface area contributed by atoms with E-state index in [1.807, 2.05) is 4.90 Å². The van der Waals surface area contributed by atoms with Crippen LogP contribution in [0.4, 0.5) is 14.5 Å². The van der Waals surface area contributed by atoms with Crippen LogP contribution in [0.25, 0.3) is 10.9 Å². The van der Waals surface area contributed by atoms with Gasteiger partial charge in [0, 0.05) is 35.9 Å². The number of hydrogen-bond donors (Lipinski definition) is 1. The number of pyridine rings is 1. The second-order valence-corrected chi connectivity index (χ2v) is 6.25. The third kappa shape index (κ3) is 2.62. The number of anilines is 1. The maximum atomic E-state index is 13.9. The number of carbonyl (C=O) groups is 1. The second-order valence-electron chi connectivity index (χ2n) is 6.25. The lowest BCUT2D eigenvalue weighted by molar-refractivity contribution is -0.122. The summed E-state index contributed by atoms with van der Waals surface area (Å²) in [6.07, 6.45) is 5.21. The average Bonchev–Trinajstić information content (AvgIpc) is 3.19. The van der Waals surface area contributed by atoms with Gasteiger partial charge in [-0.25, -0.2) is 8.78 Å². The van der Waals surface area contributed by atoms with Gasteiger partial charge in [0.15, 0.2) is 5.82 Å². The van der Waals surface area contributed by atoms with Gasteiger partial charge in [0.05, 0.1) is 0 Å². The Bertz CT molecular complexity index is 776. The molecule has 1 atom stereocenters. The maximum absolute atomic E-state index is 13.9. The minimum atomic E-state index is -0.681. The van der Waals surface area contributed by atoms with Crippen molar-refractivity contribution in [1.29, 1.82) is 0 Å². The van der Waals surface area contributed by atoms with Crippen molar-refractivity contribution >= 4 is 22.5 Å². The number of carbonyl (C=O) groups excluding carboxylic acids is 1. The molecule has 2 fully saturated rings. The number of nitrogens with zero attached hydrogens (tertiary/aromatic N) is 2. The zero-order valence-electron chi connectivity index (χ0n) is 12.6. The summed E-state index contributed by atoms with van der Waals surface area (Å²) < 4.78 is 27.6. The highest BCUT2D eigenvalue weighted by atomic mass is 19.1. The highest BCUT2D eigenvalue weighted by Gasteiger charge is 2.34. The number of halogens is 2. The van der Waals surface area contributed by atoms with Gasteiger partial charge in [-0.2, -0.15) is 0 Å². The van der Waals surface area contributed by atoms with Crippen LogP contribution in [0.15, 0.2) is 24.4 Å². The van der Waals surface area contributed by atoms with E-state index in [0.29, 0.717) is 23.7 Å². The Morgan fingerprint density at radius 2 is 2.09 bits per heavy atom. The van der Waals surface area contributed by atoms with Gasteiger partial charge in [0.25, 0.3) is 0 Å². The van der Waals surface area contributed by atoms with Gasteiger partial charge in [-0.05, 0) is 37.8 Å². The van der Waals surface area contributed by atoms with E-state index in [0.717, 1.165) is 31.7 Å². The summed E-state index contributed by atoms with van der Waals surface area (Å²) in [5.41, 5.74) is 0.805. The predicted octanol–water partition coefficient (Wildman–Crippen LogP) is 2.76. The number of nitrogens with one attached hydrogen (secondary N) is 1. The minimum Gasteiger partial charge on any atom is -0.359 e. The van der Waals surface area contributed by atoms with E-state index in [1.165, 1.54) is 12.3 Å². The third-order valence-electron chi connectivity index (χ3n) is 4.53. The highest BCUT2D eigenvalue weighted by Crippen LogP contribution is 2.33.